The predicted molar refractivity (Wildman–Crippen MR) is 81.1 cm³/mol. The Kier molecular flexibility index (Phi) is 4.87. The Balaban J connectivity index is 2.30. The van der Waals surface area contributed by atoms with Crippen LogP contribution in [0, 0.1) is 0 Å². The Morgan fingerprint density at radius 2 is 2.05 bits per heavy atom. The molecule has 1 unspecified atom stereocenters. The van der Waals surface area contributed by atoms with Gasteiger partial charge in [0.2, 0.25) is 0 Å². The molecule has 0 saturated carbocycles. The van der Waals surface area contributed by atoms with Crippen LogP contribution in [0.25, 0.3) is 0 Å². The van der Waals surface area contributed by atoms with E-state index in [-0.39, 0.29) is 12.3 Å². The molecule has 1 aliphatic heterocycles. The lowest BCUT2D eigenvalue weighted by Gasteiger charge is -2.22. The van der Waals surface area contributed by atoms with E-state index in [0.717, 1.165) is 0 Å². The van der Waals surface area contributed by atoms with Crippen molar-refractivity contribution in [1.29, 1.82) is 0 Å². The quantitative estimate of drug-likeness (QED) is 0.794. The van der Waals surface area contributed by atoms with Crippen molar-refractivity contribution in [1.82, 2.24) is 4.90 Å². The van der Waals surface area contributed by atoms with Gasteiger partial charge in [0.05, 0.1) is 18.7 Å². The molecule has 0 aromatic heterocycles. The number of benzene rings is 1. The Morgan fingerprint density at radius 3 is 2.62 bits per heavy atom. The van der Waals surface area contributed by atoms with Crippen LogP contribution in [0.5, 0.6) is 0 Å². The second kappa shape index (κ2) is 6.64. The average Bonchev–Trinajstić information content (AvgIpc) is 2.68. The van der Waals surface area contributed by atoms with E-state index in [0.29, 0.717) is 24.0 Å². The van der Waals surface area contributed by atoms with Gasteiger partial charge in [0.25, 0.3) is 5.91 Å². The van der Waals surface area contributed by atoms with E-state index >= 15 is 0 Å². The van der Waals surface area contributed by atoms with Gasteiger partial charge in [-0.1, -0.05) is 18.2 Å². The van der Waals surface area contributed by atoms with Crippen molar-refractivity contribution in [3.05, 3.63) is 30.3 Å². The van der Waals surface area contributed by atoms with Crippen LogP contribution in [0.3, 0.4) is 0 Å². The Morgan fingerprint density at radius 1 is 1.38 bits per heavy atom. The molecule has 1 aromatic carbocycles. The molecule has 1 aliphatic rings. The third-order valence-corrected chi connectivity index (χ3v) is 3.65. The van der Waals surface area contributed by atoms with Gasteiger partial charge in [0, 0.05) is 13.7 Å². The standard InChI is InChI=1S/C14H16N2O4S/c1-20-8-7-15-11(9-12(17)18)13(19)16(14(15)21)10-5-3-2-4-6-10/h2-6,11H,7-9H2,1H3,(H,17,18). The lowest BCUT2D eigenvalue weighted by atomic mass is 10.2. The van der Waals surface area contributed by atoms with Crippen molar-refractivity contribution in [3.8, 4) is 0 Å². The molecular formula is C14H16N2O4S. The van der Waals surface area contributed by atoms with Gasteiger partial charge < -0.3 is 14.7 Å². The summed E-state index contributed by atoms with van der Waals surface area (Å²) < 4.78 is 5.00. The van der Waals surface area contributed by atoms with E-state index in [1.54, 1.807) is 36.3 Å². The zero-order valence-electron chi connectivity index (χ0n) is 11.6. The zero-order chi connectivity index (χ0) is 15.4. The lowest BCUT2D eigenvalue weighted by Crippen LogP contribution is -2.38. The molecule has 1 fully saturated rings. The van der Waals surface area contributed by atoms with Gasteiger partial charge >= 0.3 is 5.97 Å². The fourth-order valence-corrected chi connectivity index (χ4v) is 2.67. The molecule has 0 aliphatic carbocycles. The minimum absolute atomic E-state index is 0.286. The number of hydrogen-bond donors (Lipinski definition) is 1. The molecule has 0 radical (unpaired) electrons. The molecule has 6 nitrogen and oxygen atoms in total. The molecule has 1 saturated heterocycles. The van der Waals surface area contributed by atoms with Gasteiger partial charge in [-0.15, -0.1) is 0 Å². The largest absolute Gasteiger partial charge is 0.481 e. The Bertz CT molecular complexity index is 549. The van der Waals surface area contributed by atoms with Crippen molar-refractivity contribution >= 4 is 34.9 Å². The molecule has 1 aromatic rings. The summed E-state index contributed by atoms with van der Waals surface area (Å²) in [6, 6.07) is 8.18. The first-order chi connectivity index (χ1) is 10.1. The fraction of sp³-hybridized carbons (Fsp3) is 0.357. The number of carboxylic acids is 1. The number of ether oxygens (including phenoxy) is 1. The first-order valence-corrected chi connectivity index (χ1v) is 6.87. The minimum Gasteiger partial charge on any atom is -0.481 e. The number of hydrogen-bond acceptors (Lipinski definition) is 4. The summed E-state index contributed by atoms with van der Waals surface area (Å²) in [4.78, 5) is 26.5. The molecule has 0 spiro atoms. The summed E-state index contributed by atoms with van der Waals surface area (Å²) >= 11 is 5.35. The summed E-state index contributed by atoms with van der Waals surface area (Å²) in [6.45, 7) is 0.745. The fourth-order valence-electron chi connectivity index (χ4n) is 2.26. The number of methoxy groups -OCH3 is 1. The van der Waals surface area contributed by atoms with E-state index < -0.39 is 12.0 Å². The maximum absolute atomic E-state index is 12.5. The molecule has 1 amide bonds. The van der Waals surface area contributed by atoms with Gasteiger partial charge in [0.1, 0.15) is 6.04 Å². The van der Waals surface area contributed by atoms with Crippen LogP contribution in [-0.2, 0) is 14.3 Å². The van der Waals surface area contributed by atoms with Gasteiger partial charge in [-0.25, -0.2) is 0 Å². The van der Waals surface area contributed by atoms with E-state index in [2.05, 4.69) is 0 Å². The highest BCUT2D eigenvalue weighted by atomic mass is 32.1. The van der Waals surface area contributed by atoms with Crippen molar-refractivity contribution in [2.75, 3.05) is 25.2 Å². The van der Waals surface area contributed by atoms with Gasteiger partial charge in [-0.05, 0) is 24.4 Å². The smallest absolute Gasteiger partial charge is 0.305 e. The summed E-state index contributed by atoms with van der Waals surface area (Å²) in [5.74, 6) is -1.35. The first-order valence-electron chi connectivity index (χ1n) is 6.46. The van der Waals surface area contributed by atoms with Crippen LogP contribution < -0.4 is 4.90 Å². The summed E-state index contributed by atoms with van der Waals surface area (Å²) in [5.41, 5.74) is 0.641. The Labute approximate surface area is 127 Å². The van der Waals surface area contributed by atoms with E-state index in [1.165, 1.54) is 4.90 Å². The number of rotatable bonds is 6. The number of carbonyl (C=O) groups excluding carboxylic acids is 1. The number of anilines is 1. The van der Waals surface area contributed by atoms with E-state index in [1.807, 2.05) is 6.07 Å². The summed E-state index contributed by atoms with van der Waals surface area (Å²) in [7, 11) is 1.54. The van der Waals surface area contributed by atoms with Crippen LogP contribution in [0.2, 0.25) is 0 Å². The zero-order valence-corrected chi connectivity index (χ0v) is 12.4. The predicted octanol–water partition coefficient (Wildman–Crippen LogP) is 1.11. The molecule has 1 heterocycles. The number of thiocarbonyl (C=S) groups is 1. The molecule has 1 atom stereocenters. The Hall–Kier alpha value is -1.99. The van der Waals surface area contributed by atoms with Gasteiger partial charge in [0.15, 0.2) is 5.11 Å². The molecule has 112 valence electrons. The number of carboxylic acid groups (broad SMARTS) is 1. The molecule has 21 heavy (non-hydrogen) atoms. The van der Waals surface area contributed by atoms with Crippen LogP contribution in [-0.4, -0.2) is 53.3 Å². The first kappa shape index (κ1) is 15.4. The van der Waals surface area contributed by atoms with Crippen LogP contribution in [0.1, 0.15) is 6.42 Å². The van der Waals surface area contributed by atoms with E-state index in [9.17, 15) is 9.59 Å². The SMILES string of the molecule is COCCN1C(=S)N(c2ccccc2)C(=O)C1CC(=O)O. The van der Waals surface area contributed by atoms with Gasteiger partial charge in [-0.2, -0.15) is 0 Å². The topological polar surface area (TPSA) is 70.1 Å². The van der Waals surface area contributed by atoms with Crippen molar-refractivity contribution < 1.29 is 19.4 Å². The molecule has 0 bridgehead atoms. The highest BCUT2D eigenvalue weighted by molar-refractivity contribution is 7.80. The molecule has 7 heteroatoms. The van der Waals surface area contributed by atoms with Gasteiger partial charge in [-0.3, -0.25) is 14.5 Å². The van der Waals surface area contributed by atoms with Crippen LogP contribution in [0.4, 0.5) is 5.69 Å². The number of amides is 1. The molecule has 1 N–H and O–H groups in total. The highest BCUT2D eigenvalue weighted by Crippen LogP contribution is 2.26. The highest BCUT2D eigenvalue weighted by Gasteiger charge is 2.43. The molecule has 2 rings (SSSR count). The van der Waals surface area contributed by atoms with Crippen LogP contribution >= 0.6 is 12.2 Å². The van der Waals surface area contributed by atoms with Crippen LogP contribution in [0.15, 0.2) is 30.3 Å². The van der Waals surface area contributed by atoms with Crippen molar-refractivity contribution in [2.24, 2.45) is 0 Å². The second-order valence-corrected chi connectivity index (χ2v) is 4.96. The monoisotopic (exact) mass is 308 g/mol. The minimum atomic E-state index is -1.03. The van der Waals surface area contributed by atoms with Crippen molar-refractivity contribution in [2.45, 2.75) is 12.5 Å². The summed E-state index contributed by atoms with van der Waals surface area (Å²) in [6.07, 6.45) is -0.286. The number of aliphatic carboxylic acids is 1. The third kappa shape index (κ3) is 3.20. The maximum Gasteiger partial charge on any atom is 0.305 e. The molecular weight excluding hydrogens is 292 g/mol. The lowest BCUT2D eigenvalue weighted by molar-refractivity contribution is -0.140. The average molecular weight is 308 g/mol. The second-order valence-electron chi connectivity index (χ2n) is 4.59. The summed E-state index contributed by atoms with van der Waals surface area (Å²) in [5, 5.41) is 9.32. The van der Waals surface area contributed by atoms with E-state index in [4.69, 9.17) is 22.1 Å². The number of carbonyl (C=O) groups is 2. The van der Waals surface area contributed by atoms with Crippen molar-refractivity contribution in [3.63, 3.8) is 0 Å². The third-order valence-electron chi connectivity index (χ3n) is 3.24. The maximum atomic E-state index is 12.5. The number of nitrogens with zero attached hydrogens (tertiary/aromatic N) is 2. The normalized spacial score (nSPS) is 18.4. The number of para-hydroxylation sites is 1.